The van der Waals surface area contributed by atoms with E-state index in [9.17, 15) is 8.42 Å². The molecule has 5 heteroatoms. The standard InChI is InChI=1S/C9H10N2O2S/c1-14(12,13)7-9(6-10)8-2-4-11-5-3-8/h2-5,9H,7H2,1H3. The third kappa shape index (κ3) is 3.15. The predicted molar refractivity (Wildman–Crippen MR) is 52.3 cm³/mol. The highest BCUT2D eigenvalue weighted by atomic mass is 32.2. The van der Waals surface area contributed by atoms with Gasteiger partial charge in [-0.2, -0.15) is 5.26 Å². The van der Waals surface area contributed by atoms with E-state index >= 15 is 0 Å². The Labute approximate surface area is 83.1 Å². The summed E-state index contributed by atoms with van der Waals surface area (Å²) in [5.41, 5.74) is 0.688. The second-order valence-corrected chi connectivity index (χ2v) is 5.24. The molecule has 0 fully saturated rings. The first kappa shape index (κ1) is 10.7. The molecule has 0 saturated heterocycles. The van der Waals surface area contributed by atoms with Crippen molar-refractivity contribution in [2.75, 3.05) is 12.0 Å². The van der Waals surface area contributed by atoms with E-state index in [0.717, 1.165) is 6.26 Å². The van der Waals surface area contributed by atoms with Crippen molar-refractivity contribution in [1.82, 2.24) is 4.98 Å². The van der Waals surface area contributed by atoms with Gasteiger partial charge >= 0.3 is 0 Å². The average Bonchev–Trinajstić information content (AvgIpc) is 2.14. The molecule has 0 aliphatic heterocycles. The lowest BCUT2D eigenvalue weighted by Gasteiger charge is -2.06. The molecular formula is C9H10N2O2S. The molecule has 4 nitrogen and oxygen atoms in total. The molecule has 0 N–H and O–H groups in total. The molecule has 1 atom stereocenters. The Balaban J connectivity index is 2.91. The van der Waals surface area contributed by atoms with Gasteiger partial charge in [-0.1, -0.05) is 0 Å². The second-order valence-electron chi connectivity index (χ2n) is 3.05. The first-order chi connectivity index (χ1) is 6.53. The Hall–Kier alpha value is -1.41. The quantitative estimate of drug-likeness (QED) is 0.737. The van der Waals surface area contributed by atoms with Crippen LogP contribution in [0, 0.1) is 11.3 Å². The fourth-order valence-electron chi connectivity index (χ4n) is 1.11. The highest BCUT2D eigenvalue weighted by Gasteiger charge is 2.16. The van der Waals surface area contributed by atoms with Gasteiger partial charge in [-0.25, -0.2) is 8.42 Å². The van der Waals surface area contributed by atoms with Gasteiger partial charge in [0.15, 0.2) is 0 Å². The molecule has 0 aromatic carbocycles. The van der Waals surface area contributed by atoms with Crippen molar-refractivity contribution in [2.24, 2.45) is 0 Å². The molecular weight excluding hydrogens is 200 g/mol. The van der Waals surface area contributed by atoms with Gasteiger partial charge < -0.3 is 0 Å². The second kappa shape index (κ2) is 4.20. The smallest absolute Gasteiger partial charge is 0.149 e. The lowest BCUT2D eigenvalue weighted by molar-refractivity contribution is 0.599. The van der Waals surface area contributed by atoms with Gasteiger partial charge in [-0.15, -0.1) is 0 Å². The molecule has 1 rings (SSSR count). The summed E-state index contributed by atoms with van der Waals surface area (Å²) in [4.78, 5) is 3.80. The van der Waals surface area contributed by atoms with Crippen molar-refractivity contribution >= 4 is 9.84 Å². The summed E-state index contributed by atoms with van der Waals surface area (Å²) < 4.78 is 22.0. The first-order valence-corrected chi connectivity index (χ1v) is 6.06. The van der Waals surface area contributed by atoms with Crippen LogP contribution in [0.15, 0.2) is 24.5 Å². The van der Waals surface area contributed by atoms with Crippen molar-refractivity contribution in [3.8, 4) is 6.07 Å². The molecule has 0 saturated carbocycles. The molecule has 1 aromatic rings. The van der Waals surface area contributed by atoms with Gasteiger partial charge in [0.05, 0.1) is 17.7 Å². The van der Waals surface area contributed by atoms with Crippen LogP contribution in [-0.2, 0) is 9.84 Å². The highest BCUT2D eigenvalue weighted by Crippen LogP contribution is 2.15. The van der Waals surface area contributed by atoms with E-state index in [-0.39, 0.29) is 5.75 Å². The van der Waals surface area contributed by atoms with E-state index in [1.54, 1.807) is 24.5 Å². The Morgan fingerprint density at radius 3 is 2.50 bits per heavy atom. The monoisotopic (exact) mass is 210 g/mol. The van der Waals surface area contributed by atoms with E-state index in [4.69, 9.17) is 5.26 Å². The van der Waals surface area contributed by atoms with Gasteiger partial charge in [0, 0.05) is 18.6 Å². The van der Waals surface area contributed by atoms with Crippen molar-refractivity contribution in [3.63, 3.8) is 0 Å². The maximum Gasteiger partial charge on any atom is 0.149 e. The molecule has 0 aliphatic carbocycles. The molecule has 74 valence electrons. The molecule has 0 amide bonds. The van der Waals surface area contributed by atoms with Crippen LogP contribution in [-0.4, -0.2) is 25.4 Å². The summed E-state index contributed by atoms with van der Waals surface area (Å²) in [6.07, 6.45) is 4.21. The zero-order chi connectivity index (χ0) is 10.6. The van der Waals surface area contributed by atoms with Gasteiger partial charge in [-0.05, 0) is 17.7 Å². The topological polar surface area (TPSA) is 70.8 Å². The average molecular weight is 210 g/mol. The molecule has 0 aliphatic rings. The van der Waals surface area contributed by atoms with E-state index in [1.807, 2.05) is 6.07 Å². The highest BCUT2D eigenvalue weighted by molar-refractivity contribution is 7.90. The largest absolute Gasteiger partial charge is 0.265 e. The summed E-state index contributed by atoms with van der Waals surface area (Å²) in [5.74, 6) is -0.749. The van der Waals surface area contributed by atoms with Gasteiger partial charge in [0.25, 0.3) is 0 Å². The summed E-state index contributed by atoms with van der Waals surface area (Å²) >= 11 is 0. The number of rotatable bonds is 3. The Morgan fingerprint density at radius 1 is 1.50 bits per heavy atom. The zero-order valence-electron chi connectivity index (χ0n) is 7.71. The van der Waals surface area contributed by atoms with Gasteiger partial charge in [0.1, 0.15) is 9.84 Å². The Bertz CT molecular complexity index is 434. The van der Waals surface area contributed by atoms with E-state index in [1.165, 1.54) is 0 Å². The lowest BCUT2D eigenvalue weighted by atomic mass is 10.1. The van der Waals surface area contributed by atoms with Crippen LogP contribution in [0.5, 0.6) is 0 Å². The molecule has 1 unspecified atom stereocenters. The van der Waals surface area contributed by atoms with Crippen LogP contribution in [0.2, 0.25) is 0 Å². The lowest BCUT2D eigenvalue weighted by Crippen LogP contribution is -2.11. The number of nitriles is 1. The summed E-state index contributed by atoms with van der Waals surface area (Å²) in [5, 5.41) is 8.81. The zero-order valence-corrected chi connectivity index (χ0v) is 8.53. The van der Waals surface area contributed by atoms with Crippen molar-refractivity contribution < 1.29 is 8.42 Å². The van der Waals surface area contributed by atoms with Crippen molar-refractivity contribution in [1.29, 1.82) is 5.26 Å². The number of nitrogens with zero attached hydrogens (tertiary/aromatic N) is 2. The Kier molecular flexibility index (Phi) is 3.20. The SMILES string of the molecule is CS(=O)(=O)CC(C#N)c1ccncc1. The fraction of sp³-hybridized carbons (Fsp3) is 0.333. The maximum absolute atomic E-state index is 11.0. The summed E-state index contributed by atoms with van der Waals surface area (Å²) in [6, 6.07) is 5.27. The summed E-state index contributed by atoms with van der Waals surface area (Å²) in [7, 11) is -3.13. The van der Waals surface area contributed by atoms with E-state index in [2.05, 4.69) is 4.98 Å². The van der Waals surface area contributed by atoms with Crippen LogP contribution in [0.4, 0.5) is 0 Å². The number of hydrogen-bond acceptors (Lipinski definition) is 4. The third-order valence-corrected chi connectivity index (χ3v) is 2.67. The fourth-order valence-corrected chi connectivity index (χ4v) is 1.98. The minimum Gasteiger partial charge on any atom is -0.265 e. The first-order valence-electron chi connectivity index (χ1n) is 4.00. The van der Waals surface area contributed by atoms with E-state index < -0.39 is 15.8 Å². The van der Waals surface area contributed by atoms with Crippen molar-refractivity contribution in [3.05, 3.63) is 30.1 Å². The minimum absolute atomic E-state index is 0.145. The minimum atomic E-state index is -3.13. The van der Waals surface area contributed by atoms with Crippen LogP contribution in [0.3, 0.4) is 0 Å². The Morgan fingerprint density at radius 2 is 2.07 bits per heavy atom. The number of hydrogen-bond donors (Lipinski definition) is 0. The van der Waals surface area contributed by atoms with Gasteiger partial charge in [0.2, 0.25) is 0 Å². The molecule has 0 bridgehead atoms. The van der Waals surface area contributed by atoms with Gasteiger partial charge in [-0.3, -0.25) is 4.98 Å². The van der Waals surface area contributed by atoms with E-state index in [0.29, 0.717) is 5.56 Å². The number of sulfone groups is 1. The van der Waals surface area contributed by atoms with Crippen LogP contribution in [0.25, 0.3) is 0 Å². The molecule has 14 heavy (non-hydrogen) atoms. The normalized spacial score (nSPS) is 13.1. The molecule has 0 spiro atoms. The number of aromatic nitrogens is 1. The molecule has 0 radical (unpaired) electrons. The van der Waals surface area contributed by atoms with Crippen LogP contribution in [0.1, 0.15) is 11.5 Å². The maximum atomic E-state index is 11.0. The third-order valence-electron chi connectivity index (χ3n) is 1.73. The number of pyridine rings is 1. The van der Waals surface area contributed by atoms with Crippen LogP contribution >= 0.6 is 0 Å². The summed E-state index contributed by atoms with van der Waals surface area (Å²) in [6.45, 7) is 0. The predicted octanol–water partition coefficient (Wildman–Crippen LogP) is 0.733. The molecule has 1 aromatic heterocycles. The molecule has 1 heterocycles. The van der Waals surface area contributed by atoms with Crippen LogP contribution < -0.4 is 0 Å². The van der Waals surface area contributed by atoms with Crippen molar-refractivity contribution in [2.45, 2.75) is 5.92 Å².